The van der Waals surface area contributed by atoms with Crippen molar-refractivity contribution in [2.75, 3.05) is 5.73 Å². The van der Waals surface area contributed by atoms with Gasteiger partial charge in [-0.1, -0.05) is 60.7 Å². The third-order valence-electron chi connectivity index (χ3n) is 5.53. The van der Waals surface area contributed by atoms with Crippen LogP contribution in [0.1, 0.15) is 46.4 Å². The average Bonchev–Trinajstić information content (AvgIpc) is 3.20. The number of nitrogens with one attached hydrogen (secondary N) is 1. The highest BCUT2D eigenvalue weighted by atomic mass is 16.5. The Kier molecular flexibility index (Phi) is 6.40. The molecule has 3 N–H and O–H groups in total. The van der Waals surface area contributed by atoms with Crippen LogP contribution >= 0.6 is 0 Å². The topological polar surface area (TPSA) is 77.2 Å². The van der Waals surface area contributed by atoms with Crippen molar-refractivity contribution in [1.29, 1.82) is 0 Å². The fraction of sp³-hybridized carbons (Fsp3) is 0.280. The van der Waals surface area contributed by atoms with Crippen LogP contribution in [0.2, 0.25) is 0 Å². The second kappa shape index (κ2) is 9.55. The molecule has 5 heteroatoms. The van der Waals surface area contributed by atoms with Crippen LogP contribution in [-0.4, -0.2) is 23.0 Å². The molecule has 0 aliphatic heterocycles. The van der Waals surface area contributed by atoms with E-state index in [1.165, 1.54) is 0 Å². The third-order valence-corrected chi connectivity index (χ3v) is 5.53. The van der Waals surface area contributed by atoms with E-state index < -0.39 is 0 Å². The quantitative estimate of drug-likeness (QED) is 0.624. The van der Waals surface area contributed by atoms with Crippen molar-refractivity contribution in [3.8, 4) is 0 Å². The molecule has 0 spiro atoms. The highest BCUT2D eigenvalue weighted by Gasteiger charge is 2.30. The Morgan fingerprint density at radius 1 is 0.967 bits per heavy atom. The fourth-order valence-electron chi connectivity index (χ4n) is 3.93. The molecule has 30 heavy (non-hydrogen) atoms. The first kappa shape index (κ1) is 20.1. The second-order valence-corrected chi connectivity index (χ2v) is 7.74. The molecule has 4 rings (SSSR count). The lowest BCUT2D eigenvalue weighted by Crippen LogP contribution is -2.41. The average molecular weight is 402 g/mol. The maximum Gasteiger partial charge on any atom is 0.255 e. The Morgan fingerprint density at radius 3 is 2.37 bits per heavy atom. The van der Waals surface area contributed by atoms with Gasteiger partial charge in [-0.25, -0.2) is 4.98 Å². The van der Waals surface area contributed by atoms with Crippen LogP contribution in [0.15, 0.2) is 72.8 Å². The van der Waals surface area contributed by atoms with Gasteiger partial charge < -0.3 is 15.8 Å². The summed E-state index contributed by atoms with van der Waals surface area (Å²) in [6, 6.07) is 23.8. The number of anilines is 1. The molecule has 154 valence electrons. The van der Waals surface area contributed by atoms with Gasteiger partial charge in [0.15, 0.2) is 0 Å². The van der Waals surface area contributed by atoms with Crippen molar-refractivity contribution in [2.24, 2.45) is 0 Å². The summed E-state index contributed by atoms with van der Waals surface area (Å²) < 4.78 is 6.09. The summed E-state index contributed by atoms with van der Waals surface area (Å²) in [5, 5.41) is 3.11. The molecule has 0 bridgehead atoms. The minimum Gasteiger partial charge on any atom is -0.383 e. The van der Waals surface area contributed by atoms with Gasteiger partial charge in [-0.05, 0) is 42.5 Å². The van der Waals surface area contributed by atoms with Gasteiger partial charge in [-0.2, -0.15) is 0 Å². The predicted octanol–water partition coefficient (Wildman–Crippen LogP) is 4.12. The van der Waals surface area contributed by atoms with Crippen molar-refractivity contribution in [1.82, 2.24) is 10.3 Å². The van der Waals surface area contributed by atoms with Gasteiger partial charge in [-0.15, -0.1) is 0 Å². The number of benzene rings is 2. The zero-order chi connectivity index (χ0) is 20.8. The number of amides is 1. The maximum atomic E-state index is 12.8. The van der Waals surface area contributed by atoms with Crippen LogP contribution in [0.5, 0.6) is 0 Å². The number of hydrogen-bond donors (Lipinski definition) is 2. The lowest BCUT2D eigenvalue weighted by molar-refractivity contribution is 0.0272. The number of nitrogens with two attached hydrogens (primary N) is 1. The minimum absolute atomic E-state index is 0.00962. The van der Waals surface area contributed by atoms with E-state index in [0.29, 0.717) is 18.6 Å². The van der Waals surface area contributed by atoms with Gasteiger partial charge in [0.05, 0.1) is 24.3 Å². The van der Waals surface area contributed by atoms with E-state index in [9.17, 15) is 4.79 Å². The number of carbonyl (C=O) groups is 1. The molecule has 5 nitrogen and oxygen atoms in total. The largest absolute Gasteiger partial charge is 0.383 e. The molecule has 1 saturated carbocycles. The first-order valence-electron chi connectivity index (χ1n) is 10.4. The summed E-state index contributed by atoms with van der Waals surface area (Å²) in [6.07, 6.45) is 3.59. The van der Waals surface area contributed by atoms with Crippen molar-refractivity contribution in [3.63, 3.8) is 0 Å². The van der Waals surface area contributed by atoms with E-state index in [0.717, 1.165) is 36.1 Å². The van der Waals surface area contributed by atoms with Crippen LogP contribution in [0.25, 0.3) is 0 Å². The molecule has 0 radical (unpaired) electrons. The lowest BCUT2D eigenvalue weighted by Gasteiger charge is -2.22. The standard InChI is InChI=1S/C25H27N3O2/c26-24-21(15-14-20(27-24)16-18-8-3-1-4-9-18)25(29)28-22-12-7-13-23(22)30-17-19-10-5-2-6-11-19/h1-6,8-11,14-15,22-23H,7,12-13,16-17H2,(H2,26,27)(H,28,29)/t22-,23-/m0/s1. The zero-order valence-corrected chi connectivity index (χ0v) is 17.0. The van der Waals surface area contributed by atoms with Gasteiger partial charge in [-0.3, -0.25) is 4.79 Å². The van der Waals surface area contributed by atoms with Gasteiger partial charge in [0.1, 0.15) is 5.82 Å². The zero-order valence-electron chi connectivity index (χ0n) is 17.0. The van der Waals surface area contributed by atoms with Crippen molar-refractivity contribution < 1.29 is 9.53 Å². The highest BCUT2D eigenvalue weighted by Crippen LogP contribution is 2.24. The Hall–Kier alpha value is -3.18. The van der Waals surface area contributed by atoms with Crippen LogP contribution in [-0.2, 0) is 17.8 Å². The molecular weight excluding hydrogens is 374 g/mol. The number of pyridine rings is 1. The number of aromatic nitrogens is 1. The number of ether oxygens (including phenoxy) is 1. The summed E-state index contributed by atoms with van der Waals surface area (Å²) in [6.45, 7) is 0.551. The van der Waals surface area contributed by atoms with Crippen molar-refractivity contribution >= 4 is 11.7 Å². The summed E-state index contributed by atoms with van der Waals surface area (Å²) in [5.41, 5.74) is 9.68. The van der Waals surface area contributed by atoms with E-state index in [2.05, 4.69) is 10.3 Å². The van der Waals surface area contributed by atoms with Crippen LogP contribution in [0, 0.1) is 0 Å². The number of rotatable bonds is 7. The summed E-state index contributed by atoms with van der Waals surface area (Å²) in [7, 11) is 0. The molecular formula is C25H27N3O2. The monoisotopic (exact) mass is 401 g/mol. The molecule has 1 heterocycles. The predicted molar refractivity (Wildman–Crippen MR) is 118 cm³/mol. The van der Waals surface area contributed by atoms with Crippen molar-refractivity contribution in [3.05, 3.63) is 95.2 Å². The van der Waals surface area contributed by atoms with Gasteiger partial charge >= 0.3 is 0 Å². The Morgan fingerprint density at radius 2 is 1.67 bits per heavy atom. The number of nitrogen functional groups attached to an aromatic ring is 1. The Labute approximate surface area is 177 Å². The number of hydrogen-bond acceptors (Lipinski definition) is 4. The Bertz CT molecular complexity index is 976. The first-order chi connectivity index (χ1) is 14.7. The SMILES string of the molecule is Nc1nc(Cc2ccccc2)ccc1C(=O)N[C@H]1CCC[C@@H]1OCc1ccccc1. The smallest absolute Gasteiger partial charge is 0.255 e. The second-order valence-electron chi connectivity index (χ2n) is 7.74. The third kappa shape index (κ3) is 5.05. The summed E-state index contributed by atoms with van der Waals surface area (Å²) >= 11 is 0. The first-order valence-corrected chi connectivity index (χ1v) is 10.4. The fourth-order valence-corrected chi connectivity index (χ4v) is 3.93. The number of nitrogens with zero attached hydrogens (tertiary/aromatic N) is 1. The van der Waals surface area contributed by atoms with Crippen LogP contribution in [0.4, 0.5) is 5.82 Å². The normalized spacial score (nSPS) is 18.3. The van der Waals surface area contributed by atoms with Crippen LogP contribution in [0.3, 0.4) is 0 Å². The van der Waals surface area contributed by atoms with E-state index in [1.54, 1.807) is 6.07 Å². The van der Waals surface area contributed by atoms with E-state index in [4.69, 9.17) is 10.5 Å². The molecule has 2 atom stereocenters. The molecule has 2 aromatic carbocycles. The van der Waals surface area contributed by atoms with Crippen molar-refractivity contribution in [2.45, 2.75) is 44.4 Å². The Balaban J connectivity index is 1.36. The van der Waals surface area contributed by atoms with Crippen LogP contribution < -0.4 is 11.1 Å². The molecule has 1 amide bonds. The molecule has 0 saturated heterocycles. The number of carbonyl (C=O) groups excluding carboxylic acids is 1. The highest BCUT2D eigenvalue weighted by molar-refractivity contribution is 5.98. The molecule has 3 aromatic rings. The lowest BCUT2D eigenvalue weighted by atomic mass is 10.1. The van der Waals surface area contributed by atoms with E-state index in [1.807, 2.05) is 66.7 Å². The minimum atomic E-state index is -0.188. The summed E-state index contributed by atoms with van der Waals surface area (Å²) in [4.78, 5) is 17.3. The van der Waals surface area contributed by atoms with E-state index in [-0.39, 0.29) is 23.9 Å². The molecule has 1 aliphatic carbocycles. The van der Waals surface area contributed by atoms with Gasteiger partial charge in [0, 0.05) is 12.1 Å². The maximum absolute atomic E-state index is 12.8. The van der Waals surface area contributed by atoms with E-state index >= 15 is 0 Å². The molecule has 1 aromatic heterocycles. The van der Waals surface area contributed by atoms with Gasteiger partial charge in [0.25, 0.3) is 5.91 Å². The van der Waals surface area contributed by atoms with Gasteiger partial charge in [0.2, 0.25) is 0 Å². The molecule has 0 unspecified atom stereocenters. The molecule has 1 aliphatic rings. The molecule has 1 fully saturated rings. The summed E-state index contributed by atoms with van der Waals surface area (Å²) in [5.74, 6) is 0.0761.